The maximum atomic E-state index is 9.86. The summed E-state index contributed by atoms with van der Waals surface area (Å²) < 4.78 is 10.7. The Bertz CT molecular complexity index is 490. The van der Waals surface area contributed by atoms with Gasteiger partial charge < -0.3 is 25.2 Å². The molecule has 0 heterocycles. The molecule has 0 saturated carbocycles. The molecule has 0 unspecified atom stereocenters. The number of aliphatic imine (C=N–C) groups is 1. The highest BCUT2D eigenvalue weighted by Crippen LogP contribution is 2.22. The first kappa shape index (κ1) is 19.1. The number of phenols is 1. The zero-order valence-electron chi connectivity index (χ0n) is 14.6. The van der Waals surface area contributed by atoms with Crippen LogP contribution in [0.4, 0.5) is 0 Å². The van der Waals surface area contributed by atoms with Crippen molar-refractivity contribution >= 4 is 5.96 Å². The highest BCUT2D eigenvalue weighted by molar-refractivity contribution is 5.79. The molecule has 0 atom stereocenters. The van der Waals surface area contributed by atoms with Gasteiger partial charge in [0.25, 0.3) is 0 Å². The van der Waals surface area contributed by atoms with E-state index in [1.807, 2.05) is 0 Å². The van der Waals surface area contributed by atoms with Gasteiger partial charge in [-0.1, -0.05) is 13.8 Å². The van der Waals surface area contributed by atoms with Crippen LogP contribution < -0.4 is 15.4 Å². The van der Waals surface area contributed by atoms with Crippen molar-refractivity contribution in [1.82, 2.24) is 10.6 Å². The number of hydrogen-bond donors (Lipinski definition) is 3. The lowest BCUT2D eigenvalue weighted by Gasteiger charge is -2.13. The minimum absolute atomic E-state index is 0.232. The SMILES string of the molecule is CN=C(NCCCOCC(C)C)NCc1cc(OC)ccc1O. The van der Waals surface area contributed by atoms with E-state index in [0.717, 1.165) is 31.7 Å². The van der Waals surface area contributed by atoms with Crippen LogP contribution in [0.25, 0.3) is 0 Å². The molecule has 0 fully saturated rings. The van der Waals surface area contributed by atoms with E-state index in [9.17, 15) is 5.11 Å². The molecule has 0 aliphatic carbocycles. The summed E-state index contributed by atoms with van der Waals surface area (Å²) in [7, 11) is 3.32. The standard InChI is InChI=1S/C17H29N3O3/c1-13(2)12-23-9-5-8-19-17(18-3)20-11-14-10-15(22-4)6-7-16(14)21/h6-7,10,13,21H,5,8-9,11-12H2,1-4H3,(H2,18,19,20). The number of hydrogen-bond acceptors (Lipinski definition) is 4. The number of methoxy groups -OCH3 is 1. The van der Waals surface area contributed by atoms with Gasteiger partial charge in [0.1, 0.15) is 11.5 Å². The second-order valence-corrected chi connectivity index (χ2v) is 5.67. The molecular formula is C17H29N3O3. The Morgan fingerprint density at radius 2 is 2.09 bits per heavy atom. The fourth-order valence-electron chi connectivity index (χ4n) is 1.93. The smallest absolute Gasteiger partial charge is 0.191 e. The molecule has 0 amide bonds. The van der Waals surface area contributed by atoms with Crippen molar-refractivity contribution in [2.75, 3.05) is 33.9 Å². The summed E-state index contributed by atoms with van der Waals surface area (Å²) in [5, 5.41) is 16.3. The third kappa shape index (κ3) is 7.74. The Morgan fingerprint density at radius 1 is 1.30 bits per heavy atom. The van der Waals surface area contributed by atoms with E-state index in [1.54, 1.807) is 32.4 Å². The molecule has 23 heavy (non-hydrogen) atoms. The van der Waals surface area contributed by atoms with E-state index in [1.165, 1.54) is 0 Å². The maximum absolute atomic E-state index is 9.86. The van der Waals surface area contributed by atoms with Gasteiger partial charge in [-0.05, 0) is 30.5 Å². The Morgan fingerprint density at radius 3 is 2.74 bits per heavy atom. The van der Waals surface area contributed by atoms with Crippen LogP contribution in [-0.4, -0.2) is 45.0 Å². The molecule has 1 aromatic carbocycles. The van der Waals surface area contributed by atoms with Crippen LogP contribution in [-0.2, 0) is 11.3 Å². The number of rotatable bonds is 9. The predicted molar refractivity (Wildman–Crippen MR) is 93.1 cm³/mol. The maximum Gasteiger partial charge on any atom is 0.191 e. The van der Waals surface area contributed by atoms with Crippen LogP contribution in [0.1, 0.15) is 25.8 Å². The minimum atomic E-state index is 0.232. The average Bonchev–Trinajstić information content (AvgIpc) is 2.54. The number of phenolic OH excluding ortho intramolecular Hbond substituents is 1. The summed E-state index contributed by atoms with van der Waals surface area (Å²) >= 11 is 0. The summed E-state index contributed by atoms with van der Waals surface area (Å²) in [6, 6.07) is 5.15. The van der Waals surface area contributed by atoms with E-state index in [2.05, 4.69) is 29.5 Å². The molecular weight excluding hydrogens is 294 g/mol. The van der Waals surface area contributed by atoms with Crippen LogP contribution in [0.15, 0.2) is 23.2 Å². The van der Waals surface area contributed by atoms with Gasteiger partial charge >= 0.3 is 0 Å². The Labute approximate surface area is 138 Å². The lowest BCUT2D eigenvalue weighted by atomic mass is 10.2. The first-order valence-electron chi connectivity index (χ1n) is 7.95. The Kier molecular flexibility index (Phi) is 8.90. The summed E-state index contributed by atoms with van der Waals surface area (Å²) in [5.74, 6) is 2.20. The topological polar surface area (TPSA) is 75.1 Å². The quantitative estimate of drug-likeness (QED) is 0.369. The molecule has 0 saturated heterocycles. The first-order valence-corrected chi connectivity index (χ1v) is 7.95. The van der Waals surface area contributed by atoms with E-state index < -0.39 is 0 Å². The van der Waals surface area contributed by atoms with Crippen LogP contribution in [0.2, 0.25) is 0 Å². The number of benzene rings is 1. The van der Waals surface area contributed by atoms with Gasteiger partial charge in [0.15, 0.2) is 5.96 Å². The van der Waals surface area contributed by atoms with Crippen LogP contribution in [0.3, 0.4) is 0 Å². The molecule has 6 nitrogen and oxygen atoms in total. The molecule has 0 aliphatic heterocycles. The monoisotopic (exact) mass is 323 g/mol. The summed E-state index contributed by atoms with van der Waals surface area (Å²) in [5.41, 5.74) is 0.757. The third-order valence-electron chi connectivity index (χ3n) is 3.17. The Hall–Kier alpha value is -1.95. The third-order valence-corrected chi connectivity index (χ3v) is 3.17. The molecule has 1 aromatic rings. The van der Waals surface area contributed by atoms with Crippen molar-refractivity contribution in [2.45, 2.75) is 26.8 Å². The fourth-order valence-corrected chi connectivity index (χ4v) is 1.93. The zero-order chi connectivity index (χ0) is 17.1. The minimum Gasteiger partial charge on any atom is -0.508 e. The van der Waals surface area contributed by atoms with E-state index in [-0.39, 0.29) is 5.75 Å². The molecule has 0 spiro atoms. The van der Waals surface area contributed by atoms with Crippen molar-refractivity contribution in [1.29, 1.82) is 0 Å². The second-order valence-electron chi connectivity index (χ2n) is 5.67. The van der Waals surface area contributed by atoms with Gasteiger partial charge in [0.2, 0.25) is 0 Å². The van der Waals surface area contributed by atoms with Crippen molar-refractivity contribution in [3.05, 3.63) is 23.8 Å². The van der Waals surface area contributed by atoms with E-state index >= 15 is 0 Å². The molecule has 1 rings (SSSR count). The molecule has 0 bridgehead atoms. The van der Waals surface area contributed by atoms with Crippen LogP contribution in [0, 0.1) is 5.92 Å². The van der Waals surface area contributed by atoms with E-state index in [4.69, 9.17) is 9.47 Å². The molecule has 0 radical (unpaired) electrons. The van der Waals surface area contributed by atoms with Crippen molar-refractivity contribution in [3.63, 3.8) is 0 Å². The van der Waals surface area contributed by atoms with E-state index in [0.29, 0.717) is 24.2 Å². The predicted octanol–water partition coefficient (Wildman–Crippen LogP) is 2.13. The lowest BCUT2D eigenvalue weighted by molar-refractivity contribution is 0.108. The molecule has 6 heteroatoms. The number of nitrogens with one attached hydrogen (secondary N) is 2. The fraction of sp³-hybridized carbons (Fsp3) is 0.588. The zero-order valence-corrected chi connectivity index (χ0v) is 14.6. The molecule has 3 N–H and O–H groups in total. The highest BCUT2D eigenvalue weighted by atomic mass is 16.5. The summed E-state index contributed by atoms with van der Waals surface area (Å²) in [6.07, 6.45) is 0.915. The second kappa shape index (κ2) is 10.7. The largest absolute Gasteiger partial charge is 0.508 e. The van der Waals surface area contributed by atoms with Gasteiger partial charge in [-0.25, -0.2) is 0 Å². The highest BCUT2D eigenvalue weighted by Gasteiger charge is 2.05. The average molecular weight is 323 g/mol. The Balaban J connectivity index is 2.31. The summed E-state index contributed by atoms with van der Waals surface area (Å²) in [4.78, 5) is 4.16. The van der Waals surface area contributed by atoms with Gasteiger partial charge in [0, 0.05) is 38.9 Å². The number of guanidine groups is 1. The van der Waals surface area contributed by atoms with Crippen LogP contribution in [0.5, 0.6) is 11.5 Å². The first-order chi connectivity index (χ1) is 11.1. The molecule has 130 valence electrons. The van der Waals surface area contributed by atoms with Gasteiger partial charge in [-0.15, -0.1) is 0 Å². The van der Waals surface area contributed by atoms with Crippen molar-refractivity contribution in [2.24, 2.45) is 10.9 Å². The molecule has 0 aliphatic rings. The van der Waals surface area contributed by atoms with Gasteiger partial charge in [0.05, 0.1) is 7.11 Å². The van der Waals surface area contributed by atoms with Gasteiger partial charge in [-0.3, -0.25) is 4.99 Å². The molecule has 0 aromatic heterocycles. The summed E-state index contributed by atoms with van der Waals surface area (Å²) in [6.45, 7) is 7.05. The van der Waals surface area contributed by atoms with Crippen molar-refractivity contribution in [3.8, 4) is 11.5 Å². The number of aromatic hydroxyl groups is 1. The van der Waals surface area contributed by atoms with Crippen LogP contribution >= 0.6 is 0 Å². The normalized spacial score (nSPS) is 11.6. The van der Waals surface area contributed by atoms with Gasteiger partial charge in [-0.2, -0.15) is 0 Å². The van der Waals surface area contributed by atoms with Crippen molar-refractivity contribution < 1.29 is 14.6 Å². The number of ether oxygens (including phenoxy) is 2. The lowest BCUT2D eigenvalue weighted by Crippen LogP contribution is -2.37. The number of nitrogens with zero attached hydrogens (tertiary/aromatic N) is 1.